The molecule has 0 aliphatic heterocycles. The second-order valence-electron chi connectivity index (χ2n) is 2.23. The van der Waals surface area contributed by atoms with Crippen LogP contribution in [0, 0.1) is 0 Å². The highest BCUT2D eigenvalue weighted by Crippen LogP contribution is 2.12. The Morgan fingerprint density at radius 2 is 2.10 bits per heavy atom. The predicted molar refractivity (Wildman–Crippen MR) is 46.9 cm³/mol. The Bertz CT molecular complexity index is 266. The molecule has 1 aromatic rings. The molecular formula is C7H11NOS. The van der Waals surface area contributed by atoms with E-state index >= 15 is 0 Å². The lowest BCUT2D eigenvalue weighted by molar-refractivity contribution is 1.14. The third kappa shape index (κ3) is 1.42. The van der Waals surface area contributed by atoms with Gasteiger partial charge in [0, 0.05) is 12.3 Å². The van der Waals surface area contributed by atoms with E-state index in [-0.39, 0.29) is 16.6 Å². The van der Waals surface area contributed by atoms with E-state index in [4.69, 9.17) is 0 Å². The van der Waals surface area contributed by atoms with Crippen molar-refractivity contribution in [1.29, 1.82) is 0 Å². The summed E-state index contributed by atoms with van der Waals surface area (Å²) >= 11 is -0.312. The number of hydrogen-bond donors (Lipinski definition) is 1. The molecule has 0 aliphatic rings. The molecule has 0 spiro atoms. The molecule has 0 atom stereocenters. The van der Waals surface area contributed by atoms with Gasteiger partial charge < -0.3 is 0 Å². The first-order valence-corrected chi connectivity index (χ1v) is 5.26. The average molecular weight is 157 g/mol. The van der Waals surface area contributed by atoms with Gasteiger partial charge in [0.15, 0.2) is 0 Å². The van der Waals surface area contributed by atoms with E-state index in [0.717, 1.165) is 0 Å². The van der Waals surface area contributed by atoms with Gasteiger partial charge in [-0.1, -0.05) is 6.07 Å². The first-order chi connectivity index (χ1) is 4.72. The summed E-state index contributed by atoms with van der Waals surface area (Å²) in [4.78, 5) is 11.0. The van der Waals surface area contributed by atoms with Gasteiger partial charge in [0.1, 0.15) is 0 Å². The highest BCUT2D eigenvalue weighted by molar-refractivity contribution is 8.14. The largest absolute Gasteiger partial charge is 0.280 e. The monoisotopic (exact) mass is 157 g/mol. The molecule has 1 aromatic heterocycles. The number of rotatable bonds is 1. The first-order valence-electron chi connectivity index (χ1n) is 3.07. The maximum Gasteiger partial charge on any atom is 0.258 e. The molecule has 0 saturated carbocycles. The van der Waals surface area contributed by atoms with Gasteiger partial charge in [0.05, 0.1) is 0 Å². The smallest absolute Gasteiger partial charge is 0.258 e. The van der Waals surface area contributed by atoms with Crippen LogP contribution in [0.5, 0.6) is 0 Å². The first kappa shape index (κ1) is 7.41. The van der Waals surface area contributed by atoms with Crippen LogP contribution in [0.2, 0.25) is 0 Å². The summed E-state index contributed by atoms with van der Waals surface area (Å²) in [5.74, 6) is 0. The topological polar surface area (TPSA) is 22.0 Å². The second kappa shape index (κ2) is 2.92. The van der Waals surface area contributed by atoms with Crippen molar-refractivity contribution in [1.82, 2.24) is 3.97 Å². The fourth-order valence-corrected chi connectivity index (χ4v) is 1.55. The Labute approximate surface area is 63.0 Å². The highest BCUT2D eigenvalue weighted by atomic mass is 32.2. The third-order valence-corrected chi connectivity index (χ3v) is 2.43. The van der Waals surface area contributed by atoms with Crippen molar-refractivity contribution >= 4 is 11.1 Å². The molecule has 3 heteroatoms. The SMILES string of the molecule is C[SH](C)n1ccccc1=O. The highest BCUT2D eigenvalue weighted by Gasteiger charge is 1.91. The van der Waals surface area contributed by atoms with Gasteiger partial charge in [-0.25, -0.2) is 0 Å². The van der Waals surface area contributed by atoms with Crippen LogP contribution in [0.1, 0.15) is 0 Å². The number of thiol groups is 1. The number of nitrogens with zero attached hydrogens (tertiary/aromatic N) is 1. The van der Waals surface area contributed by atoms with Gasteiger partial charge in [0.25, 0.3) is 5.56 Å². The lowest BCUT2D eigenvalue weighted by Crippen LogP contribution is -2.14. The van der Waals surface area contributed by atoms with Crippen LogP contribution in [-0.4, -0.2) is 16.5 Å². The minimum absolute atomic E-state index is 0.0959. The minimum Gasteiger partial charge on any atom is -0.280 e. The van der Waals surface area contributed by atoms with Crippen molar-refractivity contribution in [2.45, 2.75) is 0 Å². The van der Waals surface area contributed by atoms with Crippen LogP contribution in [-0.2, 0) is 0 Å². The van der Waals surface area contributed by atoms with Crippen LogP contribution in [0.25, 0.3) is 0 Å². The van der Waals surface area contributed by atoms with Crippen LogP contribution in [0.3, 0.4) is 0 Å². The summed E-state index contributed by atoms with van der Waals surface area (Å²) in [6.07, 6.45) is 5.93. The van der Waals surface area contributed by atoms with E-state index in [2.05, 4.69) is 12.5 Å². The molecule has 0 unspecified atom stereocenters. The van der Waals surface area contributed by atoms with E-state index in [9.17, 15) is 4.79 Å². The van der Waals surface area contributed by atoms with E-state index in [1.54, 1.807) is 16.1 Å². The fourth-order valence-electron chi connectivity index (χ4n) is 0.749. The molecule has 56 valence electrons. The van der Waals surface area contributed by atoms with Crippen LogP contribution >= 0.6 is 11.1 Å². The zero-order valence-corrected chi connectivity index (χ0v) is 7.01. The zero-order chi connectivity index (χ0) is 7.56. The van der Waals surface area contributed by atoms with Crippen LogP contribution in [0.15, 0.2) is 29.2 Å². The summed E-state index contributed by atoms with van der Waals surface area (Å²) < 4.78 is 1.76. The summed E-state index contributed by atoms with van der Waals surface area (Å²) in [6.45, 7) is 0. The minimum atomic E-state index is -0.312. The number of hydrogen-bond acceptors (Lipinski definition) is 1. The van der Waals surface area contributed by atoms with Crippen molar-refractivity contribution in [3.63, 3.8) is 0 Å². The summed E-state index contributed by atoms with van der Waals surface area (Å²) in [7, 11) is 0. The van der Waals surface area contributed by atoms with Gasteiger partial charge in [-0.3, -0.25) is 8.77 Å². The molecule has 0 amide bonds. The van der Waals surface area contributed by atoms with Crippen molar-refractivity contribution in [2.75, 3.05) is 12.5 Å². The van der Waals surface area contributed by atoms with E-state index in [0.29, 0.717) is 0 Å². The lowest BCUT2D eigenvalue weighted by Gasteiger charge is -2.11. The van der Waals surface area contributed by atoms with Crippen molar-refractivity contribution < 1.29 is 0 Å². The Morgan fingerprint density at radius 1 is 1.40 bits per heavy atom. The maximum atomic E-state index is 11.0. The maximum absolute atomic E-state index is 11.0. The van der Waals surface area contributed by atoms with Gasteiger partial charge in [-0.2, -0.15) is 11.1 Å². The molecule has 0 aromatic carbocycles. The Kier molecular flexibility index (Phi) is 2.17. The second-order valence-corrected chi connectivity index (χ2v) is 4.36. The Morgan fingerprint density at radius 3 is 2.50 bits per heavy atom. The van der Waals surface area contributed by atoms with Crippen molar-refractivity contribution in [3.8, 4) is 0 Å². The molecular weight excluding hydrogens is 146 g/mol. The fraction of sp³-hybridized carbons (Fsp3) is 0.286. The average Bonchev–Trinajstić information content (AvgIpc) is 1.88. The molecule has 0 bridgehead atoms. The van der Waals surface area contributed by atoms with E-state index in [1.807, 2.05) is 12.3 Å². The van der Waals surface area contributed by atoms with Gasteiger partial charge >= 0.3 is 0 Å². The van der Waals surface area contributed by atoms with Crippen LogP contribution in [0.4, 0.5) is 0 Å². The van der Waals surface area contributed by atoms with Gasteiger partial charge in [-0.15, -0.1) is 0 Å². The summed E-state index contributed by atoms with van der Waals surface area (Å²) in [6, 6.07) is 5.23. The van der Waals surface area contributed by atoms with Crippen LogP contribution < -0.4 is 5.56 Å². The Hall–Kier alpha value is -0.700. The van der Waals surface area contributed by atoms with E-state index < -0.39 is 0 Å². The molecule has 2 nitrogen and oxygen atoms in total. The summed E-state index contributed by atoms with van der Waals surface area (Å²) in [5, 5.41) is 0. The molecule has 10 heavy (non-hydrogen) atoms. The van der Waals surface area contributed by atoms with Crippen molar-refractivity contribution in [2.24, 2.45) is 0 Å². The Balaban J connectivity index is 3.16. The normalized spacial score (nSPS) is 11.2. The number of aromatic nitrogens is 1. The third-order valence-electron chi connectivity index (χ3n) is 1.23. The predicted octanol–water partition coefficient (Wildman–Crippen LogP) is 0.872. The van der Waals surface area contributed by atoms with E-state index in [1.165, 1.54) is 0 Å². The zero-order valence-electron chi connectivity index (χ0n) is 6.11. The van der Waals surface area contributed by atoms with Gasteiger partial charge in [-0.05, 0) is 18.6 Å². The molecule has 0 aliphatic carbocycles. The standard InChI is InChI=1S/C7H11NOS/c1-10(2)8-6-4-3-5-7(8)9/h3-6,10H,1-2H3. The summed E-state index contributed by atoms with van der Waals surface area (Å²) in [5.41, 5.74) is 0.0959. The van der Waals surface area contributed by atoms with Crippen molar-refractivity contribution in [3.05, 3.63) is 34.7 Å². The molecule has 0 fully saturated rings. The lowest BCUT2D eigenvalue weighted by atomic mass is 10.5. The molecule has 1 rings (SSSR count). The quantitative estimate of drug-likeness (QED) is 0.600. The molecule has 0 N–H and O–H groups in total. The van der Waals surface area contributed by atoms with Gasteiger partial charge in [0.2, 0.25) is 0 Å². The number of pyridine rings is 1. The molecule has 0 radical (unpaired) electrons. The molecule has 0 saturated heterocycles. The molecule has 1 heterocycles.